The maximum absolute atomic E-state index is 11.9. The molecule has 1 aromatic rings. The second-order valence-electron chi connectivity index (χ2n) is 4.04. The molecule has 0 heterocycles. The summed E-state index contributed by atoms with van der Waals surface area (Å²) in [4.78, 5) is 10.8. The Labute approximate surface area is 108 Å². The largest absolute Gasteiger partial charge is 0.392 e. The van der Waals surface area contributed by atoms with Gasteiger partial charge in [0, 0.05) is 14.0 Å². The van der Waals surface area contributed by atoms with E-state index in [-0.39, 0.29) is 6.16 Å². The quantitative estimate of drug-likeness (QED) is 0.562. The van der Waals surface area contributed by atoms with Crippen molar-refractivity contribution in [1.29, 1.82) is 0 Å². The van der Waals surface area contributed by atoms with Crippen LogP contribution in [-0.2, 0) is 24.8 Å². The van der Waals surface area contributed by atoms with Crippen LogP contribution in [0, 0.1) is 0 Å². The van der Waals surface area contributed by atoms with E-state index in [1.807, 2.05) is 18.2 Å². The molecule has 0 spiro atoms. The molecule has 0 N–H and O–H groups in total. The molecular formula is C13H19O4P. The van der Waals surface area contributed by atoms with Gasteiger partial charge < -0.3 is 9.05 Å². The molecule has 0 saturated heterocycles. The van der Waals surface area contributed by atoms with Crippen LogP contribution in [0.5, 0.6) is 0 Å². The molecular weight excluding hydrogens is 251 g/mol. The first-order valence-electron chi connectivity index (χ1n) is 5.94. The molecule has 0 radical (unpaired) electrons. The molecule has 0 aliphatic carbocycles. The highest BCUT2D eigenvalue weighted by Crippen LogP contribution is 2.48. The van der Waals surface area contributed by atoms with Crippen LogP contribution in [0.25, 0.3) is 0 Å². The van der Waals surface area contributed by atoms with E-state index in [2.05, 4.69) is 12.1 Å². The third-order valence-corrected chi connectivity index (χ3v) is 4.49. The zero-order valence-corrected chi connectivity index (χ0v) is 11.7. The summed E-state index contributed by atoms with van der Waals surface area (Å²) in [5.41, 5.74) is 1.25. The first-order valence-corrected chi connectivity index (χ1v) is 7.67. The lowest BCUT2D eigenvalue weighted by atomic mass is 10.1. The maximum Gasteiger partial charge on any atom is 0.381 e. The van der Waals surface area contributed by atoms with Crippen molar-refractivity contribution in [3.63, 3.8) is 0 Å². The minimum atomic E-state index is -3.23. The lowest BCUT2D eigenvalue weighted by Crippen LogP contribution is -2.02. The number of aryl methyl sites for hydroxylation is 1. The van der Waals surface area contributed by atoms with Gasteiger partial charge in [0.2, 0.25) is 0 Å². The Kier molecular flexibility index (Phi) is 6.10. The number of hydrogen-bond acceptors (Lipinski definition) is 4. The van der Waals surface area contributed by atoms with Gasteiger partial charge in [0.25, 0.3) is 0 Å². The first kappa shape index (κ1) is 14.9. The van der Waals surface area contributed by atoms with Crippen molar-refractivity contribution in [3.8, 4) is 0 Å². The van der Waals surface area contributed by atoms with E-state index in [9.17, 15) is 9.36 Å². The molecule has 1 aromatic carbocycles. The Bertz CT molecular complexity index is 416. The standard InChI is InChI=1S/C13H19O4P/c1-12(14)17-18(15,16-2)11-7-6-10-13-8-4-3-5-9-13/h3-5,8-9H,6-7,10-11H2,1-2H3. The Morgan fingerprint density at radius 1 is 1.22 bits per heavy atom. The minimum Gasteiger partial charge on any atom is -0.392 e. The van der Waals surface area contributed by atoms with Gasteiger partial charge in [0.15, 0.2) is 0 Å². The average Bonchev–Trinajstić information content (AvgIpc) is 2.35. The van der Waals surface area contributed by atoms with Crippen LogP contribution < -0.4 is 0 Å². The summed E-state index contributed by atoms with van der Waals surface area (Å²) < 4.78 is 21.5. The van der Waals surface area contributed by atoms with Crippen LogP contribution >= 0.6 is 7.60 Å². The van der Waals surface area contributed by atoms with Crippen molar-refractivity contribution in [2.24, 2.45) is 0 Å². The summed E-state index contributed by atoms with van der Waals surface area (Å²) in [6.45, 7) is 1.23. The summed E-state index contributed by atoms with van der Waals surface area (Å²) in [5, 5.41) is 0. The predicted octanol–water partition coefficient (Wildman–Crippen LogP) is 3.41. The highest BCUT2D eigenvalue weighted by molar-refractivity contribution is 7.54. The van der Waals surface area contributed by atoms with Gasteiger partial charge in [-0.1, -0.05) is 30.3 Å². The van der Waals surface area contributed by atoms with Crippen LogP contribution in [0.2, 0.25) is 0 Å². The summed E-state index contributed by atoms with van der Waals surface area (Å²) in [5.74, 6) is -0.566. The summed E-state index contributed by atoms with van der Waals surface area (Å²) >= 11 is 0. The molecule has 1 rings (SSSR count). The molecule has 4 nitrogen and oxygen atoms in total. The smallest absolute Gasteiger partial charge is 0.381 e. The van der Waals surface area contributed by atoms with E-state index in [1.165, 1.54) is 19.6 Å². The van der Waals surface area contributed by atoms with Gasteiger partial charge in [-0.2, -0.15) is 0 Å². The topological polar surface area (TPSA) is 52.6 Å². The number of hydrogen-bond donors (Lipinski definition) is 0. The van der Waals surface area contributed by atoms with Crippen molar-refractivity contribution in [2.45, 2.75) is 26.2 Å². The van der Waals surface area contributed by atoms with Gasteiger partial charge in [0.05, 0.1) is 6.16 Å². The Morgan fingerprint density at radius 3 is 2.44 bits per heavy atom. The van der Waals surface area contributed by atoms with Crippen LogP contribution in [0.15, 0.2) is 30.3 Å². The molecule has 1 atom stereocenters. The van der Waals surface area contributed by atoms with E-state index in [4.69, 9.17) is 9.05 Å². The van der Waals surface area contributed by atoms with Gasteiger partial charge in [-0.25, -0.2) is 4.57 Å². The number of carbonyl (C=O) groups excluding carboxylic acids is 1. The van der Waals surface area contributed by atoms with Gasteiger partial charge in [0.1, 0.15) is 0 Å². The molecule has 1 unspecified atom stereocenters. The molecule has 0 amide bonds. The normalized spacial score (nSPS) is 13.9. The third-order valence-electron chi connectivity index (χ3n) is 2.54. The number of benzene rings is 1. The van der Waals surface area contributed by atoms with Crippen LogP contribution in [0.4, 0.5) is 0 Å². The zero-order chi connectivity index (χ0) is 13.4. The predicted molar refractivity (Wildman–Crippen MR) is 70.6 cm³/mol. The van der Waals surface area contributed by atoms with Crippen molar-refractivity contribution in [2.75, 3.05) is 13.3 Å². The second-order valence-corrected chi connectivity index (χ2v) is 6.26. The van der Waals surface area contributed by atoms with E-state index < -0.39 is 13.6 Å². The molecule has 100 valence electrons. The Morgan fingerprint density at radius 2 is 1.89 bits per heavy atom. The lowest BCUT2D eigenvalue weighted by Gasteiger charge is -2.14. The van der Waals surface area contributed by atoms with Crippen molar-refractivity contribution in [1.82, 2.24) is 0 Å². The summed E-state index contributed by atoms with van der Waals surface area (Å²) in [6, 6.07) is 10.1. The highest BCUT2D eigenvalue weighted by Gasteiger charge is 2.24. The molecule has 0 fully saturated rings. The lowest BCUT2D eigenvalue weighted by molar-refractivity contribution is -0.132. The molecule has 5 heteroatoms. The Balaban J connectivity index is 2.32. The van der Waals surface area contributed by atoms with Crippen LogP contribution in [-0.4, -0.2) is 19.2 Å². The maximum atomic E-state index is 11.9. The average molecular weight is 270 g/mol. The molecule has 0 aromatic heterocycles. The van der Waals surface area contributed by atoms with Gasteiger partial charge in [-0.15, -0.1) is 0 Å². The SMILES string of the molecule is COP(=O)(CCCCc1ccccc1)OC(C)=O. The van der Waals surface area contributed by atoms with E-state index in [0.717, 1.165) is 12.8 Å². The fourth-order valence-corrected chi connectivity index (χ4v) is 3.00. The van der Waals surface area contributed by atoms with Crippen molar-refractivity contribution in [3.05, 3.63) is 35.9 Å². The van der Waals surface area contributed by atoms with Crippen molar-refractivity contribution < 1.29 is 18.4 Å². The molecule has 18 heavy (non-hydrogen) atoms. The molecule has 0 bridgehead atoms. The summed E-state index contributed by atoms with van der Waals surface area (Å²) in [6.07, 6.45) is 2.78. The monoisotopic (exact) mass is 270 g/mol. The van der Waals surface area contributed by atoms with Gasteiger partial charge in [-0.05, 0) is 24.8 Å². The highest BCUT2D eigenvalue weighted by atomic mass is 31.2. The Hall–Kier alpha value is -1.12. The van der Waals surface area contributed by atoms with Gasteiger partial charge >= 0.3 is 13.6 Å². The fraction of sp³-hybridized carbons (Fsp3) is 0.462. The number of unbranched alkanes of at least 4 members (excludes halogenated alkanes) is 1. The second kappa shape index (κ2) is 7.34. The first-order chi connectivity index (χ1) is 8.56. The third kappa shape index (κ3) is 5.48. The summed E-state index contributed by atoms with van der Waals surface area (Å²) in [7, 11) is -1.92. The zero-order valence-electron chi connectivity index (χ0n) is 10.8. The van der Waals surface area contributed by atoms with E-state index >= 15 is 0 Å². The molecule has 0 aliphatic heterocycles. The van der Waals surface area contributed by atoms with E-state index in [0.29, 0.717) is 6.42 Å². The van der Waals surface area contributed by atoms with Crippen LogP contribution in [0.1, 0.15) is 25.3 Å². The van der Waals surface area contributed by atoms with Crippen LogP contribution in [0.3, 0.4) is 0 Å². The van der Waals surface area contributed by atoms with Crippen molar-refractivity contribution >= 4 is 13.6 Å². The fourth-order valence-electron chi connectivity index (χ4n) is 1.65. The van der Waals surface area contributed by atoms with Gasteiger partial charge in [-0.3, -0.25) is 4.79 Å². The number of carbonyl (C=O) groups is 1. The number of rotatable bonds is 7. The minimum absolute atomic E-state index is 0.274. The van der Waals surface area contributed by atoms with E-state index in [1.54, 1.807) is 0 Å². The molecule has 0 aliphatic rings. The molecule has 0 saturated carbocycles.